The standard InChI is InChI=1S/C19H40N2O/c1-2-3-4-5-6-7-8-9-10-13-16-19(22)21-18-15-12-11-14-17-20/h2-18,20H2,1H3,(H,21,22). The summed E-state index contributed by atoms with van der Waals surface area (Å²) in [6.45, 7) is 3.88. The fourth-order valence-electron chi connectivity index (χ4n) is 2.71. The lowest BCUT2D eigenvalue weighted by molar-refractivity contribution is -0.121. The Hall–Kier alpha value is -0.570. The lowest BCUT2D eigenvalue weighted by Gasteiger charge is -2.05. The minimum absolute atomic E-state index is 0.235. The number of rotatable bonds is 17. The van der Waals surface area contributed by atoms with E-state index in [0.717, 1.165) is 32.4 Å². The van der Waals surface area contributed by atoms with E-state index < -0.39 is 0 Å². The first-order chi connectivity index (χ1) is 10.8. The first-order valence-corrected chi connectivity index (χ1v) is 9.78. The van der Waals surface area contributed by atoms with Crippen LogP contribution >= 0.6 is 0 Å². The lowest BCUT2D eigenvalue weighted by Crippen LogP contribution is -2.23. The number of hydrogen-bond acceptors (Lipinski definition) is 2. The van der Waals surface area contributed by atoms with Crippen molar-refractivity contribution in [3.05, 3.63) is 0 Å². The highest BCUT2D eigenvalue weighted by Crippen LogP contribution is 2.11. The summed E-state index contributed by atoms with van der Waals surface area (Å²) < 4.78 is 0. The third kappa shape index (κ3) is 17.5. The summed E-state index contributed by atoms with van der Waals surface area (Å²) in [4.78, 5) is 11.6. The van der Waals surface area contributed by atoms with E-state index >= 15 is 0 Å². The molecule has 1 amide bonds. The first-order valence-electron chi connectivity index (χ1n) is 9.78. The molecule has 0 aliphatic carbocycles. The van der Waals surface area contributed by atoms with E-state index in [0.29, 0.717) is 6.42 Å². The molecule has 0 aromatic rings. The van der Waals surface area contributed by atoms with Crippen LogP contribution in [0.2, 0.25) is 0 Å². The topological polar surface area (TPSA) is 55.1 Å². The number of carbonyl (C=O) groups excluding carboxylic acids is 1. The molecular weight excluding hydrogens is 272 g/mol. The molecule has 0 spiro atoms. The zero-order valence-corrected chi connectivity index (χ0v) is 15.0. The van der Waals surface area contributed by atoms with Crippen molar-refractivity contribution >= 4 is 5.91 Å². The maximum absolute atomic E-state index is 11.6. The van der Waals surface area contributed by atoms with Gasteiger partial charge >= 0.3 is 0 Å². The highest BCUT2D eigenvalue weighted by molar-refractivity contribution is 5.75. The van der Waals surface area contributed by atoms with Crippen LogP contribution in [0.4, 0.5) is 0 Å². The summed E-state index contributed by atoms with van der Waals surface area (Å²) in [5, 5.41) is 3.02. The Bertz CT molecular complexity index is 231. The average Bonchev–Trinajstić information content (AvgIpc) is 2.52. The van der Waals surface area contributed by atoms with Gasteiger partial charge in [0, 0.05) is 13.0 Å². The molecule has 0 radical (unpaired) electrons. The van der Waals surface area contributed by atoms with Crippen molar-refractivity contribution in [3.8, 4) is 0 Å². The third-order valence-corrected chi connectivity index (χ3v) is 4.21. The van der Waals surface area contributed by atoms with Gasteiger partial charge in [-0.2, -0.15) is 0 Å². The van der Waals surface area contributed by atoms with E-state index in [2.05, 4.69) is 12.2 Å². The number of amides is 1. The molecule has 3 nitrogen and oxygen atoms in total. The molecule has 0 saturated heterocycles. The van der Waals surface area contributed by atoms with Gasteiger partial charge in [-0.15, -0.1) is 0 Å². The molecule has 0 aromatic carbocycles. The van der Waals surface area contributed by atoms with E-state index in [-0.39, 0.29) is 5.91 Å². The number of hydrogen-bond donors (Lipinski definition) is 2. The molecule has 0 fully saturated rings. The van der Waals surface area contributed by atoms with Crippen LogP contribution in [0.15, 0.2) is 0 Å². The molecule has 0 saturated carbocycles. The van der Waals surface area contributed by atoms with Crippen LogP contribution in [-0.2, 0) is 4.79 Å². The highest BCUT2D eigenvalue weighted by atomic mass is 16.1. The van der Waals surface area contributed by atoms with Crippen molar-refractivity contribution in [1.29, 1.82) is 0 Å². The summed E-state index contributed by atoms with van der Waals surface area (Å²) in [5.74, 6) is 0.235. The molecule has 0 bridgehead atoms. The monoisotopic (exact) mass is 312 g/mol. The fraction of sp³-hybridized carbons (Fsp3) is 0.947. The van der Waals surface area contributed by atoms with Gasteiger partial charge in [-0.3, -0.25) is 4.79 Å². The minimum atomic E-state index is 0.235. The molecule has 0 heterocycles. The molecular formula is C19H40N2O. The van der Waals surface area contributed by atoms with Crippen molar-refractivity contribution < 1.29 is 4.79 Å². The molecule has 22 heavy (non-hydrogen) atoms. The van der Waals surface area contributed by atoms with Gasteiger partial charge < -0.3 is 11.1 Å². The second-order valence-corrected chi connectivity index (χ2v) is 6.48. The predicted molar refractivity (Wildman–Crippen MR) is 97.0 cm³/mol. The van der Waals surface area contributed by atoms with Crippen LogP contribution in [0.5, 0.6) is 0 Å². The second kappa shape index (κ2) is 18.5. The number of carbonyl (C=O) groups is 1. The van der Waals surface area contributed by atoms with Crippen molar-refractivity contribution in [1.82, 2.24) is 5.32 Å². The molecule has 0 unspecified atom stereocenters. The first kappa shape index (κ1) is 21.4. The molecule has 0 aliphatic heterocycles. The Morgan fingerprint density at radius 2 is 1.23 bits per heavy atom. The van der Waals surface area contributed by atoms with Crippen LogP contribution in [0.25, 0.3) is 0 Å². The van der Waals surface area contributed by atoms with E-state index in [4.69, 9.17) is 5.73 Å². The quantitative estimate of drug-likeness (QED) is 0.374. The van der Waals surface area contributed by atoms with Gasteiger partial charge in [0.15, 0.2) is 0 Å². The zero-order valence-electron chi connectivity index (χ0n) is 15.0. The molecule has 0 rings (SSSR count). The lowest BCUT2D eigenvalue weighted by atomic mass is 10.1. The van der Waals surface area contributed by atoms with E-state index in [1.54, 1.807) is 0 Å². The molecule has 0 atom stereocenters. The van der Waals surface area contributed by atoms with Crippen molar-refractivity contribution in [3.63, 3.8) is 0 Å². The van der Waals surface area contributed by atoms with E-state index in [9.17, 15) is 4.79 Å². The van der Waals surface area contributed by atoms with Crippen LogP contribution < -0.4 is 11.1 Å². The third-order valence-electron chi connectivity index (χ3n) is 4.21. The highest BCUT2D eigenvalue weighted by Gasteiger charge is 2.00. The van der Waals surface area contributed by atoms with Gasteiger partial charge in [0.2, 0.25) is 5.91 Å². The maximum Gasteiger partial charge on any atom is 0.219 e. The summed E-state index contributed by atoms with van der Waals surface area (Å²) >= 11 is 0. The Morgan fingerprint density at radius 1 is 0.727 bits per heavy atom. The van der Waals surface area contributed by atoms with E-state index in [1.165, 1.54) is 70.6 Å². The van der Waals surface area contributed by atoms with Crippen molar-refractivity contribution in [2.45, 2.75) is 103 Å². The molecule has 0 aromatic heterocycles. The van der Waals surface area contributed by atoms with Gasteiger partial charge in [-0.05, 0) is 25.8 Å². The largest absolute Gasteiger partial charge is 0.356 e. The average molecular weight is 313 g/mol. The fourth-order valence-corrected chi connectivity index (χ4v) is 2.71. The Kier molecular flexibility index (Phi) is 18.0. The summed E-state index contributed by atoms with van der Waals surface area (Å²) in [6.07, 6.45) is 18.4. The van der Waals surface area contributed by atoms with Gasteiger partial charge in [0.05, 0.1) is 0 Å². The van der Waals surface area contributed by atoms with Crippen LogP contribution in [0.1, 0.15) is 103 Å². The summed E-state index contributed by atoms with van der Waals surface area (Å²) in [7, 11) is 0. The van der Waals surface area contributed by atoms with Crippen LogP contribution in [0.3, 0.4) is 0 Å². The van der Waals surface area contributed by atoms with Crippen molar-refractivity contribution in [2.24, 2.45) is 5.73 Å². The zero-order chi connectivity index (χ0) is 16.3. The number of nitrogens with two attached hydrogens (primary N) is 1. The summed E-state index contributed by atoms with van der Waals surface area (Å²) in [5.41, 5.74) is 5.45. The molecule has 3 N–H and O–H groups in total. The van der Waals surface area contributed by atoms with Crippen LogP contribution in [0, 0.1) is 0 Å². The molecule has 0 aliphatic rings. The normalized spacial score (nSPS) is 10.8. The van der Waals surface area contributed by atoms with Crippen LogP contribution in [-0.4, -0.2) is 19.0 Å². The minimum Gasteiger partial charge on any atom is -0.356 e. The molecule has 132 valence electrons. The Labute approximate surface area is 138 Å². The summed E-state index contributed by atoms with van der Waals surface area (Å²) in [6, 6.07) is 0. The molecule has 3 heteroatoms. The SMILES string of the molecule is CCCCCCCCCCCCC(=O)NCCCCCCN. The Balaban J connectivity index is 3.12. The van der Waals surface area contributed by atoms with Gasteiger partial charge in [-0.25, -0.2) is 0 Å². The smallest absolute Gasteiger partial charge is 0.219 e. The van der Waals surface area contributed by atoms with Crippen molar-refractivity contribution in [2.75, 3.05) is 13.1 Å². The van der Waals surface area contributed by atoms with Gasteiger partial charge in [0.1, 0.15) is 0 Å². The van der Waals surface area contributed by atoms with Gasteiger partial charge in [0.25, 0.3) is 0 Å². The number of unbranched alkanes of at least 4 members (excludes halogenated alkanes) is 12. The maximum atomic E-state index is 11.6. The number of nitrogens with one attached hydrogen (secondary N) is 1. The Morgan fingerprint density at radius 3 is 1.82 bits per heavy atom. The second-order valence-electron chi connectivity index (χ2n) is 6.48. The predicted octanol–water partition coefficient (Wildman–Crippen LogP) is 4.93. The van der Waals surface area contributed by atoms with E-state index in [1.807, 2.05) is 0 Å². The van der Waals surface area contributed by atoms with Gasteiger partial charge in [-0.1, -0.05) is 77.6 Å².